The molecule has 23 heavy (non-hydrogen) atoms. The van der Waals surface area contributed by atoms with Gasteiger partial charge in [0.05, 0.1) is 16.9 Å². The van der Waals surface area contributed by atoms with E-state index in [1.54, 1.807) is 24.3 Å². The first-order chi connectivity index (χ1) is 10.8. The van der Waals surface area contributed by atoms with Crippen molar-refractivity contribution in [3.63, 3.8) is 0 Å². The number of piperidine rings is 1. The molecule has 6 heteroatoms. The van der Waals surface area contributed by atoms with Gasteiger partial charge in [-0.1, -0.05) is 19.1 Å². The van der Waals surface area contributed by atoms with Gasteiger partial charge < -0.3 is 10.2 Å². The second-order valence-electron chi connectivity index (χ2n) is 6.41. The molecule has 1 aliphatic heterocycles. The monoisotopic (exact) mass is 338 g/mol. The first kappa shape index (κ1) is 17.9. The number of nitrogens with one attached hydrogen (secondary N) is 1. The van der Waals surface area contributed by atoms with Crippen molar-refractivity contribution < 1.29 is 13.2 Å². The molecule has 1 aliphatic rings. The van der Waals surface area contributed by atoms with Gasteiger partial charge in [-0.25, -0.2) is 8.42 Å². The lowest BCUT2D eigenvalue weighted by molar-refractivity contribution is -0.127. The Morgan fingerprint density at radius 2 is 2.00 bits per heavy atom. The van der Waals surface area contributed by atoms with Crippen LogP contribution < -0.4 is 5.32 Å². The molecule has 1 heterocycles. The van der Waals surface area contributed by atoms with Gasteiger partial charge in [0, 0.05) is 12.8 Å². The third-order valence-electron chi connectivity index (χ3n) is 4.43. The summed E-state index contributed by atoms with van der Waals surface area (Å²) in [4.78, 5) is 15.0. The lowest BCUT2D eigenvalue weighted by Crippen LogP contribution is -2.42. The zero-order valence-corrected chi connectivity index (χ0v) is 14.9. The summed E-state index contributed by atoms with van der Waals surface area (Å²) < 4.78 is 23.0. The van der Waals surface area contributed by atoms with Crippen LogP contribution in [0.1, 0.15) is 37.8 Å². The minimum atomic E-state index is -3.19. The molecule has 0 bridgehead atoms. The first-order valence-corrected chi connectivity index (χ1v) is 9.99. The van der Waals surface area contributed by atoms with Crippen LogP contribution in [0.25, 0.3) is 0 Å². The Bertz CT molecular complexity index is 640. The lowest BCUT2D eigenvalue weighted by atomic mass is 9.96. The van der Waals surface area contributed by atoms with E-state index in [1.165, 1.54) is 6.26 Å². The maximum atomic E-state index is 12.5. The first-order valence-electron chi connectivity index (χ1n) is 8.10. The van der Waals surface area contributed by atoms with E-state index in [4.69, 9.17) is 0 Å². The fourth-order valence-electron chi connectivity index (χ4n) is 3.04. The normalized spacial score (nSPS) is 20.9. The third-order valence-corrected chi connectivity index (χ3v) is 5.56. The molecule has 1 aromatic rings. The molecule has 0 radical (unpaired) electrons. The molecular formula is C17H26N2O3S. The number of hydrogen-bond donors (Lipinski definition) is 1. The molecule has 128 valence electrons. The number of nitrogens with zero attached hydrogens (tertiary/aromatic N) is 1. The molecule has 2 rings (SSSR count). The van der Waals surface area contributed by atoms with Gasteiger partial charge in [-0.15, -0.1) is 0 Å². The summed E-state index contributed by atoms with van der Waals surface area (Å²) in [6, 6.07) is 6.71. The van der Waals surface area contributed by atoms with Gasteiger partial charge >= 0.3 is 0 Å². The SMILES string of the molecule is CC[C@H](NC(=O)[C@H]1CCCN(C)C1)c1ccc(S(C)(=O)=O)cc1. The number of carbonyl (C=O) groups excluding carboxylic acids is 1. The summed E-state index contributed by atoms with van der Waals surface area (Å²) in [6.45, 7) is 3.87. The highest BCUT2D eigenvalue weighted by molar-refractivity contribution is 7.90. The van der Waals surface area contributed by atoms with Crippen LogP contribution in [0.15, 0.2) is 29.2 Å². The highest BCUT2D eigenvalue weighted by Gasteiger charge is 2.25. The minimum Gasteiger partial charge on any atom is -0.349 e. The van der Waals surface area contributed by atoms with Crippen LogP contribution in [0.3, 0.4) is 0 Å². The summed E-state index contributed by atoms with van der Waals surface area (Å²) in [5.41, 5.74) is 0.942. The van der Waals surface area contributed by atoms with Gasteiger partial charge in [-0.3, -0.25) is 4.79 Å². The number of sulfone groups is 1. The van der Waals surface area contributed by atoms with Crippen molar-refractivity contribution in [3.8, 4) is 0 Å². The lowest BCUT2D eigenvalue weighted by Gasteiger charge is -2.30. The molecule has 1 saturated heterocycles. The van der Waals surface area contributed by atoms with Gasteiger partial charge in [0.25, 0.3) is 0 Å². The average Bonchev–Trinajstić information content (AvgIpc) is 2.51. The van der Waals surface area contributed by atoms with E-state index < -0.39 is 9.84 Å². The highest BCUT2D eigenvalue weighted by atomic mass is 32.2. The molecule has 1 aromatic carbocycles. The molecule has 0 unspecified atom stereocenters. The van der Waals surface area contributed by atoms with Crippen molar-refractivity contribution >= 4 is 15.7 Å². The molecule has 0 aromatic heterocycles. The Hall–Kier alpha value is -1.40. The largest absolute Gasteiger partial charge is 0.349 e. The van der Waals surface area contributed by atoms with Crippen LogP contribution in [-0.4, -0.2) is 45.6 Å². The molecule has 1 N–H and O–H groups in total. The van der Waals surface area contributed by atoms with Crippen molar-refractivity contribution in [1.82, 2.24) is 10.2 Å². The maximum absolute atomic E-state index is 12.5. The van der Waals surface area contributed by atoms with Gasteiger partial charge in [-0.2, -0.15) is 0 Å². The fraction of sp³-hybridized carbons (Fsp3) is 0.588. The summed E-state index contributed by atoms with van der Waals surface area (Å²) in [5, 5.41) is 3.12. The van der Waals surface area contributed by atoms with Crippen molar-refractivity contribution in [2.75, 3.05) is 26.4 Å². The average molecular weight is 338 g/mol. The molecule has 2 atom stereocenters. The topological polar surface area (TPSA) is 66.5 Å². The second-order valence-corrected chi connectivity index (χ2v) is 8.43. The van der Waals surface area contributed by atoms with Crippen molar-refractivity contribution in [3.05, 3.63) is 29.8 Å². The number of carbonyl (C=O) groups is 1. The van der Waals surface area contributed by atoms with E-state index in [-0.39, 0.29) is 17.9 Å². The predicted molar refractivity (Wildman–Crippen MR) is 90.9 cm³/mol. The molecule has 5 nitrogen and oxygen atoms in total. The van der Waals surface area contributed by atoms with Gasteiger partial charge in [0.2, 0.25) is 5.91 Å². The molecule has 1 fully saturated rings. The molecule has 0 spiro atoms. The van der Waals surface area contributed by atoms with Crippen LogP contribution in [0.4, 0.5) is 0 Å². The number of rotatable bonds is 5. The Balaban J connectivity index is 2.06. The summed E-state index contributed by atoms with van der Waals surface area (Å²) in [6.07, 6.45) is 3.95. The molecule has 0 saturated carbocycles. The molecule has 0 aliphatic carbocycles. The van der Waals surface area contributed by atoms with E-state index in [0.29, 0.717) is 4.90 Å². The van der Waals surface area contributed by atoms with E-state index in [2.05, 4.69) is 10.2 Å². The van der Waals surface area contributed by atoms with Gasteiger partial charge in [0.15, 0.2) is 9.84 Å². The van der Waals surface area contributed by atoms with Crippen LogP contribution in [0.2, 0.25) is 0 Å². The van der Waals surface area contributed by atoms with Crippen LogP contribution >= 0.6 is 0 Å². The van der Waals surface area contributed by atoms with Gasteiger partial charge in [-0.05, 0) is 50.6 Å². The highest BCUT2D eigenvalue weighted by Crippen LogP contribution is 2.21. The van der Waals surface area contributed by atoms with E-state index in [1.807, 2.05) is 14.0 Å². The quantitative estimate of drug-likeness (QED) is 0.892. The van der Waals surface area contributed by atoms with E-state index >= 15 is 0 Å². The summed E-state index contributed by atoms with van der Waals surface area (Å²) in [7, 11) is -1.15. The van der Waals surface area contributed by atoms with E-state index in [0.717, 1.165) is 37.9 Å². The van der Waals surface area contributed by atoms with Crippen LogP contribution in [0.5, 0.6) is 0 Å². The van der Waals surface area contributed by atoms with Crippen molar-refractivity contribution in [1.29, 1.82) is 0 Å². The van der Waals surface area contributed by atoms with E-state index in [9.17, 15) is 13.2 Å². The number of amides is 1. The Kier molecular flexibility index (Phi) is 5.81. The third kappa shape index (κ3) is 4.78. The zero-order chi connectivity index (χ0) is 17.0. The predicted octanol–water partition coefficient (Wildman–Crippen LogP) is 2.00. The van der Waals surface area contributed by atoms with Crippen molar-refractivity contribution in [2.45, 2.75) is 37.1 Å². The fourth-order valence-corrected chi connectivity index (χ4v) is 3.67. The van der Waals surface area contributed by atoms with Crippen LogP contribution in [-0.2, 0) is 14.6 Å². The smallest absolute Gasteiger partial charge is 0.224 e. The Labute approximate surface area is 139 Å². The Morgan fingerprint density at radius 1 is 1.35 bits per heavy atom. The number of benzene rings is 1. The van der Waals surface area contributed by atoms with Gasteiger partial charge in [0.1, 0.15) is 0 Å². The number of likely N-dealkylation sites (tertiary alicyclic amines) is 1. The standard InChI is InChI=1S/C17H26N2O3S/c1-4-16(13-7-9-15(10-8-13)23(3,21)22)18-17(20)14-6-5-11-19(2)12-14/h7-10,14,16H,4-6,11-12H2,1-3H3,(H,18,20)/t14-,16-/m0/s1. The number of hydrogen-bond acceptors (Lipinski definition) is 4. The summed E-state index contributed by atoms with van der Waals surface area (Å²) >= 11 is 0. The maximum Gasteiger partial charge on any atom is 0.224 e. The minimum absolute atomic E-state index is 0.0399. The second kappa shape index (κ2) is 7.45. The van der Waals surface area contributed by atoms with Crippen LogP contribution in [0, 0.1) is 5.92 Å². The molecular weight excluding hydrogens is 312 g/mol. The van der Waals surface area contributed by atoms with Crippen molar-refractivity contribution in [2.24, 2.45) is 5.92 Å². The molecule has 1 amide bonds. The summed E-state index contributed by atoms with van der Waals surface area (Å²) in [5.74, 6) is 0.133. The Morgan fingerprint density at radius 3 is 2.52 bits per heavy atom. The zero-order valence-electron chi connectivity index (χ0n) is 14.1.